The number of benzene rings is 1. The highest BCUT2D eigenvalue weighted by Gasteiger charge is 2.15. The summed E-state index contributed by atoms with van der Waals surface area (Å²) in [5, 5.41) is 2.98. The minimum absolute atomic E-state index is 0.142. The van der Waals surface area contributed by atoms with Crippen molar-refractivity contribution in [2.24, 2.45) is 0 Å². The highest BCUT2D eigenvalue weighted by molar-refractivity contribution is 5.92. The first-order valence-corrected chi connectivity index (χ1v) is 7.59. The van der Waals surface area contributed by atoms with Crippen LogP contribution in [-0.4, -0.2) is 20.9 Å². The lowest BCUT2D eigenvalue weighted by Gasteiger charge is -2.12. The molecule has 5 nitrogen and oxygen atoms in total. The maximum Gasteiger partial charge on any atom is 0.244 e. The maximum atomic E-state index is 12.1. The standard InChI is InChI=1S/C18H18N4O/c1-2-14(18-21-15-5-3-4-6-16(15)22-18)20-17(23)8-7-13-9-11-19-12-10-13/h3-12,14H,2H2,1H3,(H,20,23)(H,21,22)/b8-7+/t14-/m0/s1. The van der Waals surface area contributed by atoms with Crippen molar-refractivity contribution in [3.8, 4) is 0 Å². The molecule has 2 aromatic heterocycles. The van der Waals surface area contributed by atoms with E-state index in [0.29, 0.717) is 0 Å². The monoisotopic (exact) mass is 306 g/mol. The molecule has 0 saturated carbocycles. The van der Waals surface area contributed by atoms with E-state index < -0.39 is 0 Å². The van der Waals surface area contributed by atoms with Crippen molar-refractivity contribution in [1.29, 1.82) is 0 Å². The number of pyridine rings is 1. The summed E-state index contributed by atoms with van der Waals surface area (Å²) in [5.74, 6) is 0.633. The number of nitrogens with zero attached hydrogens (tertiary/aromatic N) is 2. The van der Waals surface area contributed by atoms with Crippen LogP contribution in [0.1, 0.15) is 30.8 Å². The van der Waals surface area contributed by atoms with Crippen LogP contribution in [0.25, 0.3) is 17.1 Å². The number of rotatable bonds is 5. The summed E-state index contributed by atoms with van der Waals surface area (Å²) in [6.45, 7) is 2.02. The molecule has 3 aromatic rings. The lowest BCUT2D eigenvalue weighted by molar-refractivity contribution is -0.117. The highest BCUT2D eigenvalue weighted by Crippen LogP contribution is 2.18. The maximum absolute atomic E-state index is 12.1. The van der Waals surface area contributed by atoms with Gasteiger partial charge in [-0.25, -0.2) is 4.98 Å². The van der Waals surface area contributed by atoms with E-state index in [4.69, 9.17) is 0 Å². The summed E-state index contributed by atoms with van der Waals surface area (Å²) < 4.78 is 0. The van der Waals surface area contributed by atoms with Crippen molar-refractivity contribution in [3.63, 3.8) is 0 Å². The summed E-state index contributed by atoms with van der Waals surface area (Å²) in [6.07, 6.45) is 7.44. The molecule has 2 N–H and O–H groups in total. The van der Waals surface area contributed by atoms with Gasteiger partial charge >= 0.3 is 0 Å². The quantitative estimate of drug-likeness (QED) is 0.711. The van der Waals surface area contributed by atoms with Gasteiger partial charge in [-0.15, -0.1) is 0 Å². The van der Waals surface area contributed by atoms with Crippen molar-refractivity contribution in [3.05, 3.63) is 66.3 Å². The Balaban J connectivity index is 1.71. The third-order valence-corrected chi connectivity index (χ3v) is 3.60. The molecule has 1 amide bonds. The van der Waals surface area contributed by atoms with Crippen molar-refractivity contribution < 1.29 is 4.79 Å². The molecule has 0 aliphatic carbocycles. The van der Waals surface area contributed by atoms with Crippen molar-refractivity contribution in [1.82, 2.24) is 20.3 Å². The second-order valence-electron chi connectivity index (χ2n) is 5.22. The molecule has 0 bridgehead atoms. The zero-order valence-corrected chi connectivity index (χ0v) is 12.9. The normalized spacial score (nSPS) is 12.6. The van der Waals surface area contributed by atoms with E-state index >= 15 is 0 Å². The molecule has 23 heavy (non-hydrogen) atoms. The topological polar surface area (TPSA) is 70.7 Å². The third-order valence-electron chi connectivity index (χ3n) is 3.60. The lowest BCUT2D eigenvalue weighted by atomic mass is 10.2. The van der Waals surface area contributed by atoms with Gasteiger partial charge in [-0.2, -0.15) is 0 Å². The van der Waals surface area contributed by atoms with Gasteiger partial charge < -0.3 is 10.3 Å². The average molecular weight is 306 g/mol. The smallest absolute Gasteiger partial charge is 0.244 e. The molecule has 3 rings (SSSR count). The van der Waals surface area contributed by atoms with Crippen LogP contribution in [-0.2, 0) is 4.79 Å². The van der Waals surface area contributed by atoms with E-state index in [-0.39, 0.29) is 11.9 Å². The molecule has 0 spiro atoms. The molecule has 0 aliphatic rings. The Morgan fingerprint density at radius 1 is 1.26 bits per heavy atom. The molecule has 0 saturated heterocycles. The molecular formula is C18H18N4O. The van der Waals surface area contributed by atoms with Gasteiger partial charge in [0.15, 0.2) is 0 Å². The zero-order chi connectivity index (χ0) is 16.1. The van der Waals surface area contributed by atoms with E-state index in [1.54, 1.807) is 18.5 Å². The number of nitrogens with one attached hydrogen (secondary N) is 2. The number of hydrogen-bond donors (Lipinski definition) is 2. The SMILES string of the molecule is CC[C@H](NC(=O)/C=C/c1ccncc1)c1nc2ccccc2[nH]1. The van der Waals surface area contributed by atoms with Gasteiger partial charge in [-0.1, -0.05) is 19.1 Å². The number of imidazole rings is 1. The molecule has 1 atom stereocenters. The number of carbonyl (C=O) groups is 1. The van der Waals surface area contributed by atoms with Crippen LogP contribution in [0, 0.1) is 0 Å². The minimum Gasteiger partial charge on any atom is -0.343 e. The average Bonchev–Trinajstić information content (AvgIpc) is 3.02. The summed E-state index contributed by atoms with van der Waals surface area (Å²) in [6, 6.07) is 11.4. The highest BCUT2D eigenvalue weighted by atomic mass is 16.1. The number of aromatic amines is 1. The Labute approximate surface area is 134 Å². The second kappa shape index (κ2) is 6.87. The largest absolute Gasteiger partial charge is 0.343 e. The van der Waals surface area contributed by atoms with Gasteiger partial charge in [0.25, 0.3) is 0 Å². The number of aromatic nitrogens is 3. The van der Waals surface area contributed by atoms with Gasteiger partial charge in [-0.05, 0) is 42.3 Å². The van der Waals surface area contributed by atoms with Crippen LogP contribution in [0.5, 0.6) is 0 Å². The molecule has 0 unspecified atom stereocenters. The molecule has 5 heteroatoms. The minimum atomic E-state index is -0.144. The summed E-state index contributed by atoms with van der Waals surface area (Å²) >= 11 is 0. The first-order chi connectivity index (χ1) is 11.3. The van der Waals surface area contributed by atoms with E-state index in [1.165, 1.54) is 6.08 Å². The fourth-order valence-electron chi connectivity index (χ4n) is 2.37. The van der Waals surface area contributed by atoms with Gasteiger partial charge in [0.2, 0.25) is 5.91 Å². The van der Waals surface area contributed by atoms with Crippen molar-refractivity contribution in [2.75, 3.05) is 0 Å². The van der Waals surface area contributed by atoms with Gasteiger partial charge in [0.1, 0.15) is 5.82 Å². The fourth-order valence-corrected chi connectivity index (χ4v) is 2.37. The van der Waals surface area contributed by atoms with E-state index in [9.17, 15) is 4.79 Å². The third kappa shape index (κ3) is 3.63. The van der Waals surface area contributed by atoms with E-state index in [1.807, 2.05) is 43.3 Å². The molecule has 116 valence electrons. The second-order valence-corrected chi connectivity index (χ2v) is 5.22. The molecule has 0 radical (unpaired) electrons. The summed E-state index contributed by atoms with van der Waals surface area (Å²) in [4.78, 5) is 23.9. The molecule has 0 aliphatic heterocycles. The molecule has 1 aromatic carbocycles. The number of fused-ring (bicyclic) bond motifs is 1. The van der Waals surface area contributed by atoms with Gasteiger partial charge in [0.05, 0.1) is 17.1 Å². The number of H-pyrrole nitrogens is 1. The Kier molecular flexibility index (Phi) is 4.47. The Morgan fingerprint density at radius 2 is 2.04 bits per heavy atom. The van der Waals surface area contributed by atoms with Crippen LogP contribution >= 0.6 is 0 Å². The summed E-state index contributed by atoms with van der Waals surface area (Å²) in [7, 11) is 0. The predicted octanol–water partition coefficient (Wildman–Crippen LogP) is 3.24. The number of carbonyl (C=O) groups excluding carboxylic acids is 1. The van der Waals surface area contributed by atoms with Crippen molar-refractivity contribution >= 4 is 23.0 Å². The fraction of sp³-hybridized carbons (Fsp3) is 0.167. The molecule has 2 heterocycles. The van der Waals surface area contributed by atoms with Crippen LogP contribution in [0.4, 0.5) is 0 Å². The van der Waals surface area contributed by atoms with Gasteiger partial charge in [-0.3, -0.25) is 9.78 Å². The number of hydrogen-bond acceptors (Lipinski definition) is 3. The van der Waals surface area contributed by atoms with Crippen LogP contribution in [0.2, 0.25) is 0 Å². The number of amides is 1. The predicted molar refractivity (Wildman–Crippen MR) is 90.5 cm³/mol. The first kappa shape index (κ1) is 15.0. The number of para-hydroxylation sites is 2. The van der Waals surface area contributed by atoms with Crippen LogP contribution < -0.4 is 5.32 Å². The lowest BCUT2D eigenvalue weighted by Crippen LogP contribution is -2.27. The first-order valence-electron chi connectivity index (χ1n) is 7.59. The Hall–Kier alpha value is -2.95. The van der Waals surface area contributed by atoms with E-state index in [2.05, 4.69) is 20.3 Å². The van der Waals surface area contributed by atoms with Crippen LogP contribution in [0.15, 0.2) is 54.9 Å². The molecular weight excluding hydrogens is 288 g/mol. The van der Waals surface area contributed by atoms with Gasteiger partial charge in [0, 0.05) is 18.5 Å². The van der Waals surface area contributed by atoms with E-state index in [0.717, 1.165) is 28.8 Å². The molecule has 0 fully saturated rings. The Bertz CT molecular complexity index is 790. The summed E-state index contributed by atoms with van der Waals surface area (Å²) in [5.41, 5.74) is 2.82. The zero-order valence-electron chi connectivity index (χ0n) is 12.9. The van der Waals surface area contributed by atoms with Crippen molar-refractivity contribution in [2.45, 2.75) is 19.4 Å². The Morgan fingerprint density at radius 3 is 2.78 bits per heavy atom. The van der Waals surface area contributed by atoms with Crippen LogP contribution in [0.3, 0.4) is 0 Å².